The van der Waals surface area contributed by atoms with Gasteiger partial charge in [0.2, 0.25) is 5.91 Å². The van der Waals surface area contributed by atoms with Crippen LogP contribution in [0.25, 0.3) is 10.9 Å². The van der Waals surface area contributed by atoms with Crippen LogP contribution in [-0.2, 0) is 16.0 Å². The number of fused-ring (bicyclic) bond motifs is 2. The SMILES string of the molecule is CNC(=O)[C@@H]1Cc2ccccc2N1C(=O)C(=O)c1c(C)[nH]c2ccccc12. The van der Waals surface area contributed by atoms with Crippen LogP contribution in [0, 0.1) is 6.92 Å². The van der Waals surface area contributed by atoms with Crippen molar-refractivity contribution >= 4 is 34.2 Å². The summed E-state index contributed by atoms with van der Waals surface area (Å²) in [5.41, 5.74) is 3.29. The van der Waals surface area contributed by atoms with Crippen molar-refractivity contribution in [3.05, 3.63) is 65.4 Å². The molecule has 6 nitrogen and oxygen atoms in total. The third kappa shape index (κ3) is 2.61. The number of nitrogens with one attached hydrogen (secondary N) is 2. The number of anilines is 1. The zero-order valence-corrected chi connectivity index (χ0v) is 15.1. The number of aromatic amines is 1. The monoisotopic (exact) mass is 361 g/mol. The summed E-state index contributed by atoms with van der Waals surface area (Å²) in [4.78, 5) is 43.2. The number of nitrogens with zero attached hydrogens (tertiary/aromatic N) is 1. The number of hydrogen-bond donors (Lipinski definition) is 2. The largest absolute Gasteiger partial charge is 0.358 e. The molecule has 136 valence electrons. The van der Waals surface area contributed by atoms with Gasteiger partial charge in [-0.2, -0.15) is 0 Å². The first-order valence-electron chi connectivity index (χ1n) is 8.77. The van der Waals surface area contributed by atoms with Crippen LogP contribution in [0.15, 0.2) is 48.5 Å². The summed E-state index contributed by atoms with van der Waals surface area (Å²) in [6.45, 7) is 1.77. The molecule has 6 heteroatoms. The quantitative estimate of drug-likeness (QED) is 0.555. The maximum atomic E-state index is 13.2. The average molecular weight is 361 g/mol. The fraction of sp³-hybridized carbons (Fsp3) is 0.190. The van der Waals surface area contributed by atoms with Crippen LogP contribution < -0.4 is 10.2 Å². The summed E-state index contributed by atoms with van der Waals surface area (Å²) in [5.74, 6) is -1.60. The van der Waals surface area contributed by atoms with Gasteiger partial charge < -0.3 is 10.3 Å². The molecule has 0 spiro atoms. The molecule has 0 fully saturated rings. The van der Waals surface area contributed by atoms with Crippen molar-refractivity contribution in [2.24, 2.45) is 0 Å². The Morgan fingerprint density at radius 3 is 2.56 bits per heavy atom. The average Bonchev–Trinajstić information content (AvgIpc) is 3.23. The van der Waals surface area contributed by atoms with E-state index in [1.54, 1.807) is 19.1 Å². The number of aromatic nitrogens is 1. The van der Waals surface area contributed by atoms with Crippen molar-refractivity contribution in [2.75, 3.05) is 11.9 Å². The van der Waals surface area contributed by atoms with Crippen molar-refractivity contribution in [1.82, 2.24) is 10.3 Å². The van der Waals surface area contributed by atoms with E-state index in [1.165, 1.54) is 11.9 Å². The van der Waals surface area contributed by atoms with Crippen molar-refractivity contribution in [1.29, 1.82) is 0 Å². The maximum absolute atomic E-state index is 13.2. The first-order chi connectivity index (χ1) is 13.0. The number of para-hydroxylation sites is 2. The van der Waals surface area contributed by atoms with Gasteiger partial charge in [-0.05, 0) is 24.6 Å². The molecular weight excluding hydrogens is 342 g/mol. The molecule has 0 bridgehead atoms. The van der Waals surface area contributed by atoms with E-state index in [4.69, 9.17) is 0 Å². The maximum Gasteiger partial charge on any atom is 0.300 e. The minimum absolute atomic E-state index is 0.289. The molecule has 4 rings (SSSR count). The van der Waals surface area contributed by atoms with E-state index in [0.29, 0.717) is 28.8 Å². The van der Waals surface area contributed by atoms with E-state index in [9.17, 15) is 14.4 Å². The van der Waals surface area contributed by atoms with Gasteiger partial charge in [-0.3, -0.25) is 19.3 Å². The lowest BCUT2D eigenvalue weighted by Gasteiger charge is -2.23. The Kier molecular flexibility index (Phi) is 4.03. The summed E-state index contributed by atoms with van der Waals surface area (Å²) in [6, 6.07) is 13.9. The molecule has 1 aliphatic heterocycles. The summed E-state index contributed by atoms with van der Waals surface area (Å²) >= 11 is 0. The minimum atomic E-state index is -0.727. The zero-order valence-electron chi connectivity index (χ0n) is 15.1. The molecule has 2 heterocycles. The van der Waals surface area contributed by atoms with E-state index < -0.39 is 17.7 Å². The highest BCUT2D eigenvalue weighted by molar-refractivity contribution is 6.50. The lowest BCUT2D eigenvalue weighted by atomic mass is 10.0. The number of aryl methyl sites for hydroxylation is 1. The number of hydrogen-bond acceptors (Lipinski definition) is 3. The highest BCUT2D eigenvalue weighted by Gasteiger charge is 2.41. The van der Waals surface area contributed by atoms with Crippen LogP contribution in [0.5, 0.6) is 0 Å². The Morgan fingerprint density at radius 1 is 1.07 bits per heavy atom. The van der Waals surface area contributed by atoms with Crippen LogP contribution in [0.4, 0.5) is 5.69 Å². The Balaban J connectivity index is 1.79. The van der Waals surface area contributed by atoms with Crippen molar-refractivity contribution in [3.63, 3.8) is 0 Å². The third-order valence-electron chi connectivity index (χ3n) is 5.06. The fourth-order valence-electron chi connectivity index (χ4n) is 3.80. The van der Waals surface area contributed by atoms with Crippen LogP contribution in [0.2, 0.25) is 0 Å². The lowest BCUT2D eigenvalue weighted by Crippen LogP contribution is -2.49. The fourth-order valence-corrected chi connectivity index (χ4v) is 3.80. The third-order valence-corrected chi connectivity index (χ3v) is 5.06. The summed E-state index contributed by atoms with van der Waals surface area (Å²) < 4.78 is 0. The van der Waals surface area contributed by atoms with E-state index in [1.807, 2.05) is 36.4 Å². The van der Waals surface area contributed by atoms with Gasteiger partial charge in [0, 0.05) is 35.8 Å². The summed E-state index contributed by atoms with van der Waals surface area (Å²) in [5, 5.41) is 3.30. The molecule has 1 atom stereocenters. The van der Waals surface area contributed by atoms with Crippen molar-refractivity contribution in [2.45, 2.75) is 19.4 Å². The predicted molar refractivity (Wildman–Crippen MR) is 103 cm³/mol. The molecular formula is C21H19N3O3. The molecule has 0 saturated carbocycles. The molecule has 0 radical (unpaired) electrons. The second kappa shape index (κ2) is 6.39. The minimum Gasteiger partial charge on any atom is -0.358 e. The molecule has 3 aromatic rings. The zero-order chi connectivity index (χ0) is 19.1. The number of H-pyrrole nitrogens is 1. The van der Waals surface area contributed by atoms with Crippen LogP contribution in [0.3, 0.4) is 0 Å². The number of carbonyl (C=O) groups is 3. The van der Waals surface area contributed by atoms with Gasteiger partial charge in [0.25, 0.3) is 11.7 Å². The molecule has 2 amide bonds. The number of rotatable bonds is 3. The molecule has 27 heavy (non-hydrogen) atoms. The molecule has 1 aromatic heterocycles. The van der Waals surface area contributed by atoms with Gasteiger partial charge in [0.15, 0.2) is 0 Å². The predicted octanol–water partition coefficient (Wildman–Crippen LogP) is 2.36. The van der Waals surface area contributed by atoms with E-state index in [0.717, 1.165) is 11.1 Å². The smallest absolute Gasteiger partial charge is 0.300 e. The van der Waals surface area contributed by atoms with Gasteiger partial charge in [-0.25, -0.2) is 0 Å². The Labute approximate surface area is 156 Å². The van der Waals surface area contributed by atoms with Crippen LogP contribution in [-0.4, -0.2) is 35.7 Å². The van der Waals surface area contributed by atoms with Crippen molar-refractivity contribution < 1.29 is 14.4 Å². The highest BCUT2D eigenvalue weighted by Crippen LogP contribution is 2.33. The number of likely N-dealkylation sites (N-methyl/N-ethyl adjacent to an activating group) is 1. The second-order valence-corrected chi connectivity index (χ2v) is 6.64. The molecule has 1 aliphatic rings. The summed E-state index contributed by atoms with van der Waals surface area (Å²) in [7, 11) is 1.53. The first kappa shape index (κ1) is 17.0. The van der Waals surface area contributed by atoms with Crippen molar-refractivity contribution in [3.8, 4) is 0 Å². The van der Waals surface area contributed by atoms with Gasteiger partial charge in [-0.1, -0.05) is 36.4 Å². The van der Waals surface area contributed by atoms with Gasteiger partial charge in [0.05, 0.1) is 5.56 Å². The topological polar surface area (TPSA) is 82.3 Å². The molecule has 2 N–H and O–H groups in total. The number of amides is 2. The van der Waals surface area contributed by atoms with E-state index in [-0.39, 0.29) is 5.91 Å². The Morgan fingerprint density at radius 2 is 1.78 bits per heavy atom. The number of Topliss-reactive ketones (excluding diaryl/α,β-unsaturated/α-hetero) is 1. The molecule has 2 aromatic carbocycles. The number of carbonyl (C=O) groups excluding carboxylic acids is 3. The van der Waals surface area contributed by atoms with Gasteiger partial charge >= 0.3 is 0 Å². The number of ketones is 1. The van der Waals surface area contributed by atoms with Crippen LogP contribution in [0.1, 0.15) is 21.6 Å². The Hall–Kier alpha value is -3.41. The van der Waals surface area contributed by atoms with E-state index >= 15 is 0 Å². The van der Waals surface area contributed by atoms with Gasteiger partial charge in [-0.15, -0.1) is 0 Å². The Bertz CT molecular complexity index is 1080. The number of benzene rings is 2. The highest BCUT2D eigenvalue weighted by atomic mass is 16.2. The molecule has 0 unspecified atom stereocenters. The lowest BCUT2D eigenvalue weighted by molar-refractivity contribution is -0.124. The summed E-state index contributed by atoms with van der Waals surface area (Å²) in [6.07, 6.45) is 0.391. The van der Waals surface area contributed by atoms with E-state index in [2.05, 4.69) is 10.3 Å². The first-order valence-corrected chi connectivity index (χ1v) is 8.77. The molecule has 0 aliphatic carbocycles. The second-order valence-electron chi connectivity index (χ2n) is 6.64. The van der Waals surface area contributed by atoms with Gasteiger partial charge in [0.1, 0.15) is 6.04 Å². The standard InChI is InChI=1S/C21H19N3O3/c1-12-18(14-8-4-5-9-15(14)23-12)19(25)21(27)24-16-10-6-3-7-13(16)11-17(24)20(26)22-2/h3-10,17,23H,11H2,1-2H3,(H,22,26)/t17-/m0/s1. The normalized spacial score (nSPS) is 15.6. The van der Waals surface area contributed by atoms with Crippen LogP contribution >= 0.6 is 0 Å². The molecule has 0 saturated heterocycles.